The third-order valence-electron chi connectivity index (χ3n) is 4.05. The van der Waals surface area contributed by atoms with E-state index in [0.29, 0.717) is 25.3 Å². The van der Waals surface area contributed by atoms with E-state index in [1.165, 1.54) is 0 Å². The molecule has 2 rings (SSSR count). The van der Waals surface area contributed by atoms with E-state index in [-0.39, 0.29) is 12.5 Å². The molecule has 6 nitrogen and oxygen atoms in total. The topological polar surface area (TPSA) is 76.1 Å². The van der Waals surface area contributed by atoms with Crippen molar-refractivity contribution in [2.45, 2.75) is 26.8 Å². The van der Waals surface area contributed by atoms with E-state index >= 15 is 0 Å². The zero-order valence-corrected chi connectivity index (χ0v) is 15.9. The van der Waals surface area contributed by atoms with Gasteiger partial charge < -0.3 is 19.5 Å². The summed E-state index contributed by atoms with van der Waals surface area (Å²) in [6.45, 7) is 4.39. The third kappa shape index (κ3) is 6.66. The summed E-state index contributed by atoms with van der Waals surface area (Å²) >= 11 is 0. The maximum Gasteiger partial charge on any atom is 0.341 e. The quantitative estimate of drug-likeness (QED) is 0.733. The summed E-state index contributed by atoms with van der Waals surface area (Å²) in [5, 5.41) is 8.60. The SMILES string of the molecule is Cc1ccc(C)c(OCCC(=O)N(C)Cc2ccc(OCC(=O)O)cc2)c1. The second-order valence-corrected chi connectivity index (χ2v) is 6.44. The van der Waals surface area contributed by atoms with Crippen molar-refractivity contribution in [1.82, 2.24) is 4.90 Å². The molecule has 6 heteroatoms. The smallest absolute Gasteiger partial charge is 0.341 e. The van der Waals surface area contributed by atoms with Crippen LogP contribution in [0.5, 0.6) is 11.5 Å². The number of benzene rings is 2. The van der Waals surface area contributed by atoms with Crippen LogP contribution in [0.2, 0.25) is 0 Å². The van der Waals surface area contributed by atoms with Crippen LogP contribution in [0.25, 0.3) is 0 Å². The number of nitrogens with zero attached hydrogens (tertiary/aromatic N) is 1. The predicted molar refractivity (Wildman–Crippen MR) is 102 cm³/mol. The van der Waals surface area contributed by atoms with Crippen molar-refractivity contribution in [3.05, 3.63) is 59.2 Å². The fourth-order valence-corrected chi connectivity index (χ4v) is 2.50. The molecule has 0 spiro atoms. The molecule has 2 aromatic rings. The first kappa shape index (κ1) is 20.3. The number of aliphatic carboxylic acids is 1. The predicted octanol–water partition coefficient (Wildman–Crippen LogP) is 3.19. The molecule has 0 heterocycles. The zero-order chi connectivity index (χ0) is 19.8. The number of aryl methyl sites for hydroxylation is 2. The summed E-state index contributed by atoms with van der Waals surface area (Å²) in [6, 6.07) is 13.0. The Kier molecular flexibility index (Phi) is 7.23. The standard InChI is InChI=1S/C21H25NO5/c1-15-4-5-16(2)19(12-15)26-11-10-20(23)22(3)13-17-6-8-18(9-7-17)27-14-21(24)25/h4-9,12H,10-11,13-14H2,1-3H3,(H,24,25). The van der Waals surface area contributed by atoms with Gasteiger partial charge in [0, 0.05) is 13.6 Å². The first-order chi connectivity index (χ1) is 12.8. The molecule has 0 saturated carbocycles. The Morgan fingerprint density at radius 1 is 1.04 bits per heavy atom. The maximum absolute atomic E-state index is 12.3. The molecule has 0 aromatic heterocycles. The number of carboxylic acids is 1. The molecule has 0 unspecified atom stereocenters. The van der Waals surface area contributed by atoms with Crippen LogP contribution in [0.15, 0.2) is 42.5 Å². The Morgan fingerprint density at radius 3 is 2.41 bits per heavy atom. The average molecular weight is 371 g/mol. The molecule has 0 saturated heterocycles. The van der Waals surface area contributed by atoms with Crippen molar-refractivity contribution in [1.29, 1.82) is 0 Å². The van der Waals surface area contributed by atoms with Crippen molar-refractivity contribution in [3.8, 4) is 11.5 Å². The summed E-state index contributed by atoms with van der Waals surface area (Å²) in [5.41, 5.74) is 3.10. The second-order valence-electron chi connectivity index (χ2n) is 6.44. The monoisotopic (exact) mass is 371 g/mol. The molecular weight excluding hydrogens is 346 g/mol. The Hall–Kier alpha value is -3.02. The van der Waals surface area contributed by atoms with Crippen LogP contribution in [0.4, 0.5) is 0 Å². The zero-order valence-electron chi connectivity index (χ0n) is 15.9. The molecule has 0 bridgehead atoms. The van der Waals surface area contributed by atoms with Gasteiger partial charge in [0.25, 0.3) is 0 Å². The molecule has 1 amide bonds. The Morgan fingerprint density at radius 2 is 1.74 bits per heavy atom. The van der Waals surface area contributed by atoms with E-state index in [9.17, 15) is 9.59 Å². The summed E-state index contributed by atoms with van der Waals surface area (Å²) < 4.78 is 10.8. The number of rotatable bonds is 9. The van der Waals surface area contributed by atoms with Gasteiger partial charge in [-0.25, -0.2) is 4.79 Å². The first-order valence-corrected chi connectivity index (χ1v) is 8.72. The number of hydrogen-bond acceptors (Lipinski definition) is 4. The molecular formula is C21H25NO5. The Balaban J connectivity index is 1.79. The highest BCUT2D eigenvalue weighted by atomic mass is 16.5. The summed E-state index contributed by atoms with van der Waals surface area (Å²) in [7, 11) is 1.75. The summed E-state index contributed by atoms with van der Waals surface area (Å²) in [5.74, 6) is 0.262. The molecule has 0 atom stereocenters. The molecule has 2 aromatic carbocycles. The fourth-order valence-electron chi connectivity index (χ4n) is 2.50. The molecule has 27 heavy (non-hydrogen) atoms. The van der Waals surface area contributed by atoms with E-state index in [0.717, 1.165) is 22.4 Å². The molecule has 0 aliphatic carbocycles. The molecule has 0 fully saturated rings. The number of hydrogen-bond donors (Lipinski definition) is 1. The minimum Gasteiger partial charge on any atom is -0.493 e. The number of carbonyl (C=O) groups excluding carboxylic acids is 1. The van der Waals surface area contributed by atoms with Gasteiger partial charge in [-0.3, -0.25) is 4.79 Å². The van der Waals surface area contributed by atoms with Crippen molar-refractivity contribution >= 4 is 11.9 Å². The highest BCUT2D eigenvalue weighted by Gasteiger charge is 2.10. The number of ether oxygens (including phenoxy) is 2. The van der Waals surface area contributed by atoms with E-state index in [1.807, 2.05) is 44.2 Å². The van der Waals surface area contributed by atoms with Gasteiger partial charge in [0.15, 0.2) is 6.61 Å². The lowest BCUT2D eigenvalue weighted by Crippen LogP contribution is -2.27. The molecule has 0 aliphatic heterocycles. The molecule has 0 radical (unpaired) electrons. The number of carboxylic acid groups (broad SMARTS) is 1. The molecule has 1 N–H and O–H groups in total. The van der Waals surface area contributed by atoms with Crippen LogP contribution in [0, 0.1) is 13.8 Å². The van der Waals surface area contributed by atoms with Gasteiger partial charge in [0.05, 0.1) is 13.0 Å². The lowest BCUT2D eigenvalue weighted by molar-refractivity contribution is -0.139. The molecule has 144 valence electrons. The van der Waals surface area contributed by atoms with Crippen LogP contribution in [-0.2, 0) is 16.1 Å². The first-order valence-electron chi connectivity index (χ1n) is 8.72. The van der Waals surface area contributed by atoms with Crippen molar-refractivity contribution in [2.24, 2.45) is 0 Å². The van der Waals surface area contributed by atoms with E-state index in [1.54, 1.807) is 24.1 Å². The van der Waals surface area contributed by atoms with Crippen molar-refractivity contribution in [3.63, 3.8) is 0 Å². The minimum absolute atomic E-state index is 0.00786. The fraction of sp³-hybridized carbons (Fsp3) is 0.333. The van der Waals surface area contributed by atoms with E-state index in [2.05, 4.69) is 0 Å². The summed E-state index contributed by atoms with van der Waals surface area (Å²) in [6.07, 6.45) is 0.295. The van der Waals surface area contributed by atoms with Gasteiger partial charge in [0.2, 0.25) is 5.91 Å². The lowest BCUT2D eigenvalue weighted by Gasteiger charge is -2.18. The van der Waals surface area contributed by atoms with Gasteiger partial charge in [-0.1, -0.05) is 24.3 Å². The van der Waals surface area contributed by atoms with E-state index in [4.69, 9.17) is 14.6 Å². The highest BCUT2D eigenvalue weighted by molar-refractivity contribution is 5.76. The number of amides is 1. The van der Waals surface area contributed by atoms with Gasteiger partial charge in [-0.15, -0.1) is 0 Å². The lowest BCUT2D eigenvalue weighted by atomic mass is 10.1. The van der Waals surface area contributed by atoms with Crippen LogP contribution in [-0.4, -0.2) is 42.1 Å². The van der Waals surface area contributed by atoms with Gasteiger partial charge in [-0.05, 0) is 48.7 Å². The van der Waals surface area contributed by atoms with Crippen LogP contribution >= 0.6 is 0 Å². The average Bonchev–Trinajstić information content (AvgIpc) is 2.63. The Labute approximate surface area is 159 Å². The van der Waals surface area contributed by atoms with Crippen LogP contribution < -0.4 is 9.47 Å². The van der Waals surface area contributed by atoms with Crippen molar-refractivity contribution in [2.75, 3.05) is 20.3 Å². The van der Waals surface area contributed by atoms with Crippen LogP contribution in [0.1, 0.15) is 23.1 Å². The second kappa shape index (κ2) is 9.62. The maximum atomic E-state index is 12.3. The van der Waals surface area contributed by atoms with Crippen LogP contribution in [0.3, 0.4) is 0 Å². The third-order valence-corrected chi connectivity index (χ3v) is 4.05. The minimum atomic E-state index is -1.02. The largest absolute Gasteiger partial charge is 0.493 e. The van der Waals surface area contributed by atoms with Gasteiger partial charge in [-0.2, -0.15) is 0 Å². The highest BCUT2D eigenvalue weighted by Crippen LogP contribution is 2.19. The van der Waals surface area contributed by atoms with Crippen molar-refractivity contribution < 1.29 is 24.2 Å². The molecule has 0 aliphatic rings. The van der Waals surface area contributed by atoms with Gasteiger partial charge in [0.1, 0.15) is 11.5 Å². The normalized spacial score (nSPS) is 10.3. The van der Waals surface area contributed by atoms with E-state index < -0.39 is 5.97 Å². The Bertz CT molecular complexity index is 786. The summed E-state index contributed by atoms with van der Waals surface area (Å²) in [4.78, 5) is 24.4. The number of carbonyl (C=O) groups is 2. The van der Waals surface area contributed by atoms with Gasteiger partial charge >= 0.3 is 5.97 Å².